The van der Waals surface area contributed by atoms with Gasteiger partial charge in [0.2, 0.25) is 0 Å². The van der Waals surface area contributed by atoms with E-state index in [-0.39, 0.29) is 12.0 Å². The normalized spacial score (nSPS) is 32.8. The summed E-state index contributed by atoms with van der Waals surface area (Å²) < 4.78 is 11.9. The Kier molecular flexibility index (Phi) is 4.93. The summed E-state index contributed by atoms with van der Waals surface area (Å²) in [6, 6.07) is 0. The van der Waals surface area contributed by atoms with Gasteiger partial charge in [-0.2, -0.15) is 0 Å². The van der Waals surface area contributed by atoms with Crippen LogP contribution < -0.4 is 0 Å². The number of ether oxygens (including phenoxy) is 2. The van der Waals surface area contributed by atoms with Gasteiger partial charge >= 0.3 is 0 Å². The van der Waals surface area contributed by atoms with E-state index in [1.165, 1.54) is 12.0 Å². The number of aliphatic hydroxyl groups excluding tert-OH is 1. The van der Waals surface area contributed by atoms with E-state index in [0.29, 0.717) is 11.8 Å². The predicted molar refractivity (Wildman–Crippen MR) is 80.4 cm³/mol. The van der Waals surface area contributed by atoms with Gasteiger partial charge in [0.1, 0.15) is 0 Å². The smallest absolute Gasteiger partial charge is 0.165 e. The zero-order chi connectivity index (χ0) is 14.8. The maximum absolute atomic E-state index is 9.52. The van der Waals surface area contributed by atoms with Crippen LogP contribution in [0.15, 0.2) is 11.6 Å². The first-order valence-electron chi connectivity index (χ1n) is 7.93. The second-order valence-electron chi connectivity index (χ2n) is 7.51. The van der Waals surface area contributed by atoms with E-state index in [0.717, 1.165) is 32.5 Å². The molecule has 0 amide bonds. The number of allylic oxidation sites excluding steroid dienone is 1. The lowest BCUT2D eigenvalue weighted by Gasteiger charge is -2.42. The van der Waals surface area contributed by atoms with E-state index in [4.69, 9.17) is 9.47 Å². The zero-order valence-corrected chi connectivity index (χ0v) is 13.4. The molecule has 3 heteroatoms. The highest BCUT2D eigenvalue weighted by molar-refractivity contribution is 5.12. The average molecular weight is 282 g/mol. The fraction of sp³-hybridized carbons (Fsp3) is 0.882. The summed E-state index contributed by atoms with van der Waals surface area (Å²) in [5.74, 6) is 0.672. The molecule has 0 bridgehead atoms. The van der Waals surface area contributed by atoms with Crippen molar-refractivity contribution in [3.63, 3.8) is 0 Å². The lowest BCUT2D eigenvalue weighted by Crippen LogP contribution is -2.46. The quantitative estimate of drug-likeness (QED) is 0.802. The van der Waals surface area contributed by atoms with Crippen molar-refractivity contribution in [2.45, 2.75) is 59.2 Å². The van der Waals surface area contributed by atoms with E-state index in [2.05, 4.69) is 33.8 Å². The molecule has 1 heterocycles. The summed E-state index contributed by atoms with van der Waals surface area (Å²) in [7, 11) is 0. The standard InChI is InChI=1S/C17H30O3/c1-13-6-5-7-14(10-18)15(13)8-9-17(4)19-11-16(2,3)12-20-17/h7,13,15,18H,5-6,8-12H2,1-4H3. The second-order valence-corrected chi connectivity index (χ2v) is 7.51. The van der Waals surface area contributed by atoms with Crippen LogP contribution in [-0.2, 0) is 9.47 Å². The molecular formula is C17H30O3. The Morgan fingerprint density at radius 3 is 2.50 bits per heavy atom. The van der Waals surface area contributed by atoms with E-state index in [1.54, 1.807) is 0 Å². The van der Waals surface area contributed by atoms with Gasteiger partial charge in [0.05, 0.1) is 19.8 Å². The van der Waals surface area contributed by atoms with Crippen LogP contribution in [0, 0.1) is 17.3 Å². The lowest BCUT2D eigenvalue weighted by molar-refractivity contribution is -0.293. The minimum atomic E-state index is -0.451. The molecule has 116 valence electrons. The van der Waals surface area contributed by atoms with Gasteiger partial charge < -0.3 is 14.6 Å². The Hall–Kier alpha value is -0.380. The minimum absolute atomic E-state index is 0.119. The third-order valence-electron chi connectivity index (χ3n) is 4.82. The van der Waals surface area contributed by atoms with Gasteiger partial charge in [-0.25, -0.2) is 0 Å². The topological polar surface area (TPSA) is 38.7 Å². The van der Waals surface area contributed by atoms with Crippen LogP contribution >= 0.6 is 0 Å². The Labute approximate surface area is 123 Å². The van der Waals surface area contributed by atoms with Crippen molar-refractivity contribution in [2.24, 2.45) is 17.3 Å². The number of hydrogen-bond acceptors (Lipinski definition) is 3. The van der Waals surface area contributed by atoms with E-state index in [1.807, 2.05) is 0 Å². The highest BCUT2D eigenvalue weighted by atomic mass is 16.7. The lowest BCUT2D eigenvalue weighted by atomic mass is 9.76. The SMILES string of the molecule is CC1CCC=C(CO)C1CCC1(C)OCC(C)(C)CO1. The number of hydrogen-bond donors (Lipinski definition) is 1. The first kappa shape index (κ1) is 16.0. The largest absolute Gasteiger partial charge is 0.392 e. The van der Waals surface area contributed by atoms with Crippen molar-refractivity contribution in [3.8, 4) is 0 Å². The molecule has 0 radical (unpaired) electrons. The Morgan fingerprint density at radius 2 is 1.90 bits per heavy atom. The Morgan fingerprint density at radius 1 is 1.25 bits per heavy atom. The molecule has 1 aliphatic heterocycles. The van der Waals surface area contributed by atoms with Crippen molar-refractivity contribution < 1.29 is 14.6 Å². The van der Waals surface area contributed by atoms with Gasteiger partial charge in [0, 0.05) is 11.8 Å². The van der Waals surface area contributed by atoms with Crippen molar-refractivity contribution in [1.29, 1.82) is 0 Å². The third-order valence-corrected chi connectivity index (χ3v) is 4.82. The molecule has 0 aromatic carbocycles. The monoisotopic (exact) mass is 282 g/mol. The van der Waals surface area contributed by atoms with Crippen molar-refractivity contribution in [3.05, 3.63) is 11.6 Å². The Balaban J connectivity index is 1.91. The first-order valence-corrected chi connectivity index (χ1v) is 7.93. The molecule has 2 atom stereocenters. The van der Waals surface area contributed by atoms with Crippen LogP contribution in [-0.4, -0.2) is 30.7 Å². The molecule has 2 unspecified atom stereocenters. The fourth-order valence-electron chi connectivity index (χ4n) is 3.24. The van der Waals surface area contributed by atoms with Crippen LogP contribution in [0.4, 0.5) is 0 Å². The second kappa shape index (κ2) is 6.17. The molecule has 2 rings (SSSR count). The highest BCUT2D eigenvalue weighted by Gasteiger charge is 2.37. The van der Waals surface area contributed by atoms with Gasteiger partial charge in [-0.05, 0) is 43.6 Å². The van der Waals surface area contributed by atoms with Crippen LogP contribution in [0.3, 0.4) is 0 Å². The number of rotatable bonds is 4. The maximum Gasteiger partial charge on any atom is 0.165 e. The summed E-state index contributed by atoms with van der Waals surface area (Å²) in [5.41, 5.74) is 1.33. The van der Waals surface area contributed by atoms with Crippen LogP contribution in [0.5, 0.6) is 0 Å². The average Bonchev–Trinajstić information content (AvgIpc) is 2.41. The highest BCUT2D eigenvalue weighted by Crippen LogP contribution is 2.38. The molecule has 1 N–H and O–H groups in total. The Bertz CT molecular complexity index is 349. The zero-order valence-electron chi connectivity index (χ0n) is 13.4. The molecule has 0 saturated carbocycles. The van der Waals surface area contributed by atoms with Crippen molar-refractivity contribution in [2.75, 3.05) is 19.8 Å². The molecule has 0 aromatic heterocycles. The molecular weight excluding hydrogens is 252 g/mol. The van der Waals surface area contributed by atoms with Gasteiger partial charge in [-0.15, -0.1) is 0 Å². The molecule has 2 aliphatic rings. The summed E-state index contributed by atoms with van der Waals surface area (Å²) in [5, 5.41) is 9.52. The van der Waals surface area contributed by atoms with Gasteiger partial charge in [-0.3, -0.25) is 0 Å². The predicted octanol–water partition coefficient (Wildman–Crippen LogP) is 3.52. The molecule has 1 aliphatic carbocycles. The molecule has 3 nitrogen and oxygen atoms in total. The molecule has 0 aromatic rings. The summed E-state index contributed by atoms with van der Waals surface area (Å²) in [4.78, 5) is 0. The summed E-state index contributed by atoms with van der Waals surface area (Å²) >= 11 is 0. The van der Waals surface area contributed by atoms with Gasteiger partial charge in [0.15, 0.2) is 5.79 Å². The van der Waals surface area contributed by atoms with Crippen LogP contribution in [0.25, 0.3) is 0 Å². The fourth-order valence-corrected chi connectivity index (χ4v) is 3.24. The molecule has 0 spiro atoms. The molecule has 1 fully saturated rings. The van der Waals surface area contributed by atoms with E-state index in [9.17, 15) is 5.11 Å². The summed E-state index contributed by atoms with van der Waals surface area (Å²) in [6.07, 6.45) is 6.48. The van der Waals surface area contributed by atoms with Gasteiger partial charge in [0.25, 0.3) is 0 Å². The van der Waals surface area contributed by atoms with Crippen molar-refractivity contribution in [1.82, 2.24) is 0 Å². The third kappa shape index (κ3) is 3.84. The number of aliphatic hydroxyl groups is 1. The van der Waals surface area contributed by atoms with Crippen LogP contribution in [0.2, 0.25) is 0 Å². The van der Waals surface area contributed by atoms with E-state index >= 15 is 0 Å². The van der Waals surface area contributed by atoms with Crippen LogP contribution in [0.1, 0.15) is 53.4 Å². The first-order chi connectivity index (χ1) is 9.35. The van der Waals surface area contributed by atoms with Crippen molar-refractivity contribution >= 4 is 0 Å². The summed E-state index contributed by atoms with van der Waals surface area (Å²) in [6.45, 7) is 10.4. The van der Waals surface area contributed by atoms with Gasteiger partial charge in [-0.1, -0.05) is 26.8 Å². The van der Waals surface area contributed by atoms with E-state index < -0.39 is 5.79 Å². The molecule has 1 saturated heterocycles. The maximum atomic E-state index is 9.52. The molecule has 20 heavy (non-hydrogen) atoms. The minimum Gasteiger partial charge on any atom is -0.392 e.